The van der Waals surface area contributed by atoms with E-state index in [0.29, 0.717) is 10.6 Å². The molecule has 1 heterocycles. The molecule has 1 aromatic heterocycles. The number of aliphatic hydroxyl groups excluding tert-OH is 1. The third-order valence-electron chi connectivity index (χ3n) is 2.15. The SMILES string of the molecule is CC(C)(C)c1nnsc1C(=O)NC[C@H](O)C(=O)O. The normalized spacial score (nSPS) is 13.1. The number of aliphatic carboxylic acids is 1. The zero-order valence-corrected chi connectivity index (χ0v) is 11.1. The molecule has 0 saturated carbocycles. The zero-order valence-electron chi connectivity index (χ0n) is 10.3. The van der Waals surface area contributed by atoms with E-state index in [1.807, 2.05) is 20.8 Å². The quantitative estimate of drug-likeness (QED) is 0.712. The second-order valence-corrected chi connectivity index (χ2v) is 5.52. The first-order valence-electron chi connectivity index (χ1n) is 5.25. The van der Waals surface area contributed by atoms with Crippen molar-refractivity contribution in [3.05, 3.63) is 10.6 Å². The van der Waals surface area contributed by atoms with E-state index < -0.39 is 18.0 Å². The number of hydrogen-bond acceptors (Lipinski definition) is 6. The second kappa shape index (κ2) is 5.40. The lowest BCUT2D eigenvalue weighted by Gasteiger charge is -2.16. The molecule has 7 nitrogen and oxygen atoms in total. The highest BCUT2D eigenvalue weighted by molar-refractivity contribution is 7.08. The molecule has 18 heavy (non-hydrogen) atoms. The van der Waals surface area contributed by atoms with Crippen LogP contribution in [-0.4, -0.2) is 44.3 Å². The van der Waals surface area contributed by atoms with Crippen LogP contribution in [-0.2, 0) is 10.2 Å². The van der Waals surface area contributed by atoms with E-state index in [0.717, 1.165) is 11.5 Å². The monoisotopic (exact) mass is 273 g/mol. The molecular weight excluding hydrogens is 258 g/mol. The van der Waals surface area contributed by atoms with Gasteiger partial charge in [-0.15, -0.1) is 5.10 Å². The fraction of sp³-hybridized carbons (Fsp3) is 0.600. The summed E-state index contributed by atoms with van der Waals surface area (Å²) in [6.07, 6.45) is -1.62. The lowest BCUT2D eigenvalue weighted by molar-refractivity contribution is -0.146. The van der Waals surface area contributed by atoms with Crippen LogP contribution in [0.1, 0.15) is 36.1 Å². The van der Waals surface area contributed by atoms with Crippen LogP contribution < -0.4 is 5.32 Å². The highest BCUT2D eigenvalue weighted by Gasteiger charge is 2.26. The molecule has 0 unspecified atom stereocenters. The third-order valence-corrected chi connectivity index (χ3v) is 2.87. The molecule has 0 bridgehead atoms. The Morgan fingerprint density at radius 2 is 2.06 bits per heavy atom. The number of carbonyl (C=O) groups excluding carboxylic acids is 1. The van der Waals surface area contributed by atoms with Crippen LogP contribution in [0.5, 0.6) is 0 Å². The minimum absolute atomic E-state index is 0.328. The predicted octanol–water partition coefficient (Wildman–Crippen LogP) is 0.0109. The average Bonchev–Trinajstić information content (AvgIpc) is 2.73. The molecule has 0 aliphatic carbocycles. The van der Waals surface area contributed by atoms with Crippen LogP contribution in [0.4, 0.5) is 0 Å². The summed E-state index contributed by atoms with van der Waals surface area (Å²) in [4.78, 5) is 22.6. The molecule has 1 amide bonds. The van der Waals surface area contributed by atoms with E-state index >= 15 is 0 Å². The minimum Gasteiger partial charge on any atom is -0.479 e. The number of amides is 1. The molecule has 8 heteroatoms. The van der Waals surface area contributed by atoms with Gasteiger partial charge in [0.2, 0.25) is 0 Å². The number of carboxylic acid groups (broad SMARTS) is 1. The summed E-state index contributed by atoms with van der Waals surface area (Å²) in [5, 5.41) is 23.8. The molecule has 1 aromatic rings. The van der Waals surface area contributed by atoms with E-state index in [1.165, 1.54) is 0 Å². The molecular formula is C10H15N3O4S. The van der Waals surface area contributed by atoms with Crippen molar-refractivity contribution in [1.29, 1.82) is 0 Å². The second-order valence-electron chi connectivity index (χ2n) is 4.76. The molecule has 0 spiro atoms. The van der Waals surface area contributed by atoms with Gasteiger partial charge >= 0.3 is 5.97 Å². The van der Waals surface area contributed by atoms with Crippen molar-refractivity contribution in [2.75, 3.05) is 6.54 Å². The summed E-state index contributed by atoms with van der Waals surface area (Å²) in [6, 6.07) is 0. The number of nitrogens with zero attached hydrogens (tertiary/aromatic N) is 2. The fourth-order valence-corrected chi connectivity index (χ4v) is 1.98. The van der Waals surface area contributed by atoms with Gasteiger partial charge in [-0.1, -0.05) is 25.3 Å². The summed E-state index contributed by atoms with van der Waals surface area (Å²) < 4.78 is 3.72. The number of aliphatic hydroxyl groups is 1. The number of rotatable bonds is 4. The van der Waals surface area contributed by atoms with E-state index in [9.17, 15) is 9.59 Å². The van der Waals surface area contributed by atoms with Crippen LogP contribution in [0.3, 0.4) is 0 Å². The summed E-state index contributed by atoms with van der Waals surface area (Å²) >= 11 is 0.942. The molecule has 0 aromatic carbocycles. The first-order chi connectivity index (χ1) is 8.23. The highest BCUT2D eigenvalue weighted by atomic mass is 32.1. The number of aromatic nitrogens is 2. The van der Waals surface area contributed by atoms with Crippen LogP contribution in [0.15, 0.2) is 0 Å². The Morgan fingerprint density at radius 1 is 1.44 bits per heavy atom. The standard InChI is InChI=1S/C10H15N3O4S/c1-10(2,3)7-6(18-13-12-7)8(15)11-4-5(14)9(16)17/h5,14H,4H2,1-3H3,(H,11,15)(H,16,17)/t5-/m0/s1. The van der Waals surface area contributed by atoms with Crippen molar-refractivity contribution in [1.82, 2.24) is 14.9 Å². The smallest absolute Gasteiger partial charge is 0.334 e. The van der Waals surface area contributed by atoms with Crippen LogP contribution in [0, 0.1) is 0 Å². The Balaban J connectivity index is 2.74. The lowest BCUT2D eigenvalue weighted by atomic mass is 9.91. The van der Waals surface area contributed by atoms with Gasteiger partial charge < -0.3 is 15.5 Å². The van der Waals surface area contributed by atoms with Gasteiger partial charge in [-0.2, -0.15) is 0 Å². The first-order valence-corrected chi connectivity index (χ1v) is 6.02. The Bertz CT molecular complexity index is 452. The van der Waals surface area contributed by atoms with Crippen molar-refractivity contribution in [3.63, 3.8) is 0 Å². The third kappa shape index (κ3) is 3.47. The highest BCUT2D eigenvalue weighted by Crippen LogP contribution is 2.25. The van der Waals surface area contributed by atoms with Crippen LogP contribution in [0.25, 0.3) is 0 Å². The zero-order chi connectivity index (χ0) is 13.9. The van der Waals surface area contributed by atoms with Gasteiger partial charge in [-0.25, -0.2) is 4.79 Å². The number of hydrogen-bond donors (Lipinski definition) is 3. The molecule has 0 aliphatic heterocycles. The molecule has 1 atom stereocenters. The Morgan fingerprint density at radius 3 is 2.56 bits per heavy atom. The summed E-state index contributed by atoms with van der Waals surface area (Å²) in [6.45, 7) is 5.33. The van der Waals surface area contributed by atoms with Gasteiger partial charge in [-0.3, -0.25) is 4.79 Å². The van der Waals surface area contributed by atoms with Gasteiger partial charge in [0.25, 0.3) is 5.91 Å². The molecule has 0 radical (unpaired) electrons. The maximum Gasteiger partial charge on any atom is 0.334 e. The van der Waals surface area contributed by atoms with Gasteiger partial charge in [0.05, 0.1) is 12.2 Å². The van der Waals surface area contributed by atoms with Crippen LogP contribution in [0.2, 0.25) is 0 Å². The summed E-state index contributed by atoms with van der Waals surface area (Å²) in [7, 11) is 0. The molecule has 100 valence electrons. The average molecular weight is 273 g/mol. The topological polar surface area (TPSA) is 112 Å². The summed E-state index contributed by atoms with van der Waals surface area (Å²) in [5.74, 6) is -1.86. The molecule has 0 aliphatic rings. The Hall–Kier alpha value is -1.54. The maximum absolute atomic E-state index is 11.8. The molecule has 0 fully saturated rings. The van der Waals surface area contributed by atoms with Gasteiger partial charge in [0.1, 0.15) is 4.88 Å². The molecule has 0 saturated heterocycles. The number of carboxylic acids is 1. The van der Waals surface area contributed by atoms with Crippen molar-refractivity contribution < 1.29 is 19.8 Å². The van der Waals surface area contributed by atoms with Crippen molar-refractivity contribution >= 4 is 23.4 Å². The molecule has 3 N–H and O–H groups in total. The van der Waals surface area contributed by atoms with E-state index in [4.69, 9.17) is 10.2 Å². The minimum atomic E-state index is -1.62. The number of carbonyl (C=O) groups is 2. The van der Waals surface area contributed by atoms with Gasteiger partial charge in [0.15, 0.2) is 6.10 Å². The lowest BCUT2D eigenvalue weighted by Crippen LogP contribution is -2.37. The van der Waals surface area contributed by atoms with Crippen LogP contribution >= 0.6 is 11.5 Å². The van der Waals surface area contributed by atoms with Crippen molar-refractivity contribution in [2.45, 2.75) is 32.3 Å². The Labute approximate surface area is 108 Å². The van der Waals surface area contributed by atoms with Gasteiger partial charge in [-0.05, 0) is 11.5 Å². The maximum atomic E-state index is 11.8. The summed E-state index contributed by atoms with van der Waals surface area (Å²) in [5.41, 5.74) is 0.222. The van der Waals surface area contributed by atoms with E-state index in [1.54, 1.807) is 0 Å². The van der Waals surface area contributed by atoms with Crippen molar-refractivity contribution in [3.8, 4) is 0 Å². The fourth-order valence-electron chi connectivity index (χ4n) is 1.19. The van der Waals surface area contributed by atoms with Crippen molar-refractivity contribution in [2.24, 2.45) is 0 Å². The number of nitrogens with one attached hydrogen (secondary N) is 1. The van der Waals surface area contributed by atoms with E-state index in [2.05, 4.69) is 14.9 Å². The van der Waals surface area contributed by atoms with E-state index in [-0.39, 0.29) is 12.0 Å². The first kappa shape index (κ1) is 14.5. The molecule has 1 rings (SSSR count). The largest absolute Gasteiger partial charge is 0.479 e. The van der Waals surface area contributed by atoms with Gasteiger partial charge in [0, 0.05) is 5.41 Å². The Kier molecular flexibility index (Phi) is 4.36. The predicted molar refractivity (Wildman–Crippen MR) is 64.6 cm³/mol.